The van der Waals surface area contributed by atoms with Crippen LogP contribution in [0.25, 0.3) is 0 Å². The van der Waals surface area contributed by atoms with Gasteiger partial charge < -0.3 is 20.3 Å². The molecule has 1 heterocycles. The summed E-state index contributed by atoms with van der Waals surface area (Å²) >= 11 is 4.93. The van der Waals surface area contributed by atoms with Gasteiger partial charge in [0.25, 0.3) is 0 Å². The van der Waals surface area contributed by atoms with Crippen molar-refractivity contribution in [3.05, 3.63) is 46.6 Å². The fourth-order valence-electron chi connectivity index (χ4n) is 7.73. The van der Waals surface area contributed by atoms with Crippen LogP contribution in [0.1, 0.15) is 70.3 Å². The molecular weight excluding hydrogens is 470 g/mol. The van der Waals surface area contributed by atoms with Gasteiger partial charge >= 0.3 is 0 Å². The Bertz CT molecular complexity index is 1290. The number of thiocarbonyl (C=S) groups is 1. The summed E-state index contributed by atoms with van der Waals surface area (Å²) in [6, 6.07) is 6.37. The lowest BCUT2D eigenvalue weighted by atomic mass is 9.51. The highest BCUT2D eigenvalue weighted by Crippen LogP contribution is 2.66. The molecule has 6 nitrogen and oxygen atoms in total. The third-order valence-electron chi connectivity index (χ3n) is 9.34. The summed E-state index contributed by atoms with van der Waals surface area (Å²) in [5.74, 6) is 8.95. The average Bonchev–Trinajstić information content (AvgIpc) is 3.43. The van der Waals surface area contributed by atoms with Crippen LogP contribution in [0.15, 0.2) is 46.1 Å². The number of benzene rings is 1. The van der Waals surface area contributed by atoms with Crippen LogP contribution in [0.5, 0.6) is 11.5 Å². The molecule has 188 valence electrons. The quantitative estimate of drug-likeness (QED) is 0.308. The Labute approximate surface area is 218 Å². The van der Waals surface area contributed by atoms with Gasteiger partial charge in [0.1, 0.15) is 5.60 Å². The molecule has 0 bridgehead atoms. The van der Waals surface area contributed by atoms with Crippen molar-refractivity contribution in [2.45, 2.75) is 70.3 Å². The summed E-state index contributed by atoms with van der Waals surface area (Å²) in [7, 11) is 0. The van der Waals surface area contributed by atoms with Crippen LogP contribution >= 0.6 is 12.2 Å². The second-order valence-corrected chi connectivity index (χ2v) is 11.4. The van der Waals surface area contributed by atoms with Gasteiger partial charge in [0.2, 0.25) is 6.79 Å². The van der Waals surface area contributed by atoms with Crippen molar-refractivity contribution in [2.75, 3.05) is 6.79 Å². The Hall–Kier alpha value is -2.82. The molecule has 4 aliphatic carbocycles. The third kappa shape index (κ3) is 3.57. The number of nitrogens with zero attached hydrogens (tertiary/aromatic N) is 1. The molecule has 1 unspecified atom stereocenters. The fourth-order valence-corrected chi connectivity index (χ4v) is 7.78. The van der Waals surface area contributed by atoms with E-state index in [1.165, 1.54) is 16.7 Å². The smallest absolute Gasteiger partial charge is 0.231 e. The molecule has 4 N–H and O–H groups in total. The van der Waals surface area contributed by atoms with Crippen LogP contribution in [-0.4, -0.2) is 28.3 Å². The molecule has 1 aliphatic heterocycles. The van der Waals surface area contributed by atoms with Crippen LogP contribution in [0.4, 0.5) is 0 Å². The van der Waals surface area contributed by atoms with Crippen molar-refractivity contribution in [3.63, 3.8) is 0 Å². The zero-order valence-electron chi connectivity index (χ0n) is 20.9. The monoisotopic (exact) mass is 503 g/mol. The van der Waals surface area contributed by atoms with E-state index < -0.39 is 5.60 Å². The van der Waals surface area contributed by atoms with E-state index in [9.17, 15) is 5.11 Å². The van der Waals surface area contributed by atoms with Gasteiger partial charge in [0.15, 0.2) is 16.6 Å². The predicted octanol–water partition coefficient (Wildman–Crippen LogP) is 4.69. The first-order valence-electron chi connectivity index (χ1n) is 12.9. The number of nitrogens with one attached hydrogen (secondary N) is 1. The highest BCUT2D eigenvalue weighted by atomic mass is 32.1. The molecule has 5 atom stereocenters. The number of rotatable bonds is 2. The third-order valence-corrected chi connectivity index (χ3v) is 9.43. The lowest BCUT2D eigenvalue weighted by Gasteiger charge is -2.53. The summed E-state index contributed by atoms with van der Waals surface area (Å²) in [6.45, 7) is 4.39. The maximum absolute atomic E-state index is 11.8. The van der Waals surface area contributed by atoms with E-state index in [-0.39, 0.29) is 23.2 Å². The molecule has 2 saturated carbocycles. The van der Waals surface area contributed by atoms with Gasteiger partial charge in [-0.25, -0.2) is 0 Å². The molecule has 2 fully saturated rings. The minimum absolute atomic E-state index is 0.187. The minimum atomic E-state index is -0.952. The number of hydrazone groups is 1. The maximum Gasteiger partial charge on any atom is 0.231 e. The first-order valence-corrected chi connectivity index (χ1v) is 13.4. The topological polar surface area (TPSA) is 89.1 Å². The van der Waals surface area contributed by atoms with Gasteiger partial charge in [-0.05, 0) is 111 Å². The normalized spacial score (nSPS) is 35.2. The fraction of sp³-hybridized carbons (Fsp3) is 0.517. The lowest BCUT2D eigenvalue weighted by molar-refractivity contribution is -0.0513. The van der Waals surface area contributed by atoms with Crippen molar-refractivity contribution in [1.82, 2.24) is 5.43 Å². The second-order valence-electron chi connectivity index (χ2n) is 11.0. The molecule has 6 rings (SSSR count). The second kappa shape index (κ2) is 8.64. The van der Waals surface area contributed by atoms with Gasteiger partial charge in [-0.2, -0.15) is 5.10 Å². The zero-order chi connectivity index (χ0) is 25.1. The van der Waals surface area contributed by atoms with Crippen molar-refractivity contribution < 1.29 is 14.6 Å². The van der Waals surface area contributed by atoms with Crippen molar-refractivity contribution in [3.8, 4) is 23.3 Å². The van der Waals surface area contributed by atoms with E-state index in [0.29, 0.717) is 11.8 Å². The molecule has 36 heavy (non-hydrogen) atoms. The number of nitrogens with two attached hydrogens (primary N) is 1. The first-order chi connectivity index (χ1) is 17.3. The Morgan fingerprint density at radius 1 is 1.22 bits per heavy atom. The SMILES string of the molecule is CC#C[C@]1(O)CC[C@H]2[C@@H]3CCC4=CC(=NNC(N)=S)CCC4=C3C(c3ccc4c(c3)OCO4)C[C@@]21C. The van der Waals surface area contributed by atoms with Crippen LogP contribution < -0.4 is 20.6 Å². The van der Waals surface area contributed by atoms with Crippen molar-refractivity contribution >= 4 is 23.0 Å². The Morgan fingerprint density at radius 3 is 2.86 bits per heavy atom. The molecule has 7 heteroatoms. The maximum atomic E-state index is 11.8. The van der Waals surface area contributed by atoms with Crippen molar-refractivity contribution in [1.29, 1.82) is 0 Å². The number of hydrogen-bond donors (Lipinski definition) is 3. The highest BCUT2D eigenvalue weighted by Gasteiger charge is 2.62. The van der Waals surface area contributed by atoms with Gasteiger partial charge in [-0.1, -0.05) is 24.5 Å². The molecule has 5 aliphatic rings. The zero-order valence-corrected chi connectivity index (χ0v) is 21.7. The van der Waals surface area contributed by atoms with Crippen molar-refractivity contribution in [2.24, 2.45) is 28.1 Å². The standard InChI is InChI=1S/C29H33N3O3S/c1-3-11-29(33)12-10-23-21-7-4-17-13-19(31-32-27(30)36)6-8-20(17)26(21)22(15-28(23,29)2)18-5-9-24-25(14-18)35-16-34-24/h5,9,13-14,21-23,33H,4,6-8,10,12,15-16H2,1-2H3,(H3,30,32,36)/t21-,22?,23-,28-,29-/m0/s1. The number of allylic oxidation sites excluding steroid dienone is 4. The molecule has 0 spiro atoms. The van der Waals surface area contributed by atoms with Gasteiger partial charge in [-0.15, -0.1) is 5.92 Å². The van der Waals surface area contributed by atoms with Crippen LogP contribution in [0.2, 0.25) is 0 Å². The van der Waals surface area contributed by atoms with E-state index >= 15 is 0 Å². The average molecular weight is 504 g/mol. The Morgan fingerprint density at radius 2 is 2.06 bits per heavy atom. The molecule has 0 aromatic heterocycles. The molecule has 1 aromatic rings. The van der Waals surface area contributed by atoms with E-state index in [4.69, 9.17) is 27.4 Å². The van der Waals surface area contributed by atoms with Gasteiger partial charge in [-0.3, -0.25) is 5.43 Å². The number of aliphatic hydroxyl groups is 1. The minimum Gasteiger partial charge on any atom is -0.454 e. The van der Waals surface area contributed by atoms with Crippen LogP contribution in [0.3, 0.4) is 0 Å². The first kappa shape index (κ1) is 23.6. The summed E-state index contributed by atoms with van der Waals surface area (Å²) in [5.41, 5.74) is 13.8. The van der Waals surface area contributed by atoms with Crippen LogP contribution in [0, 0.1) is 29.1 Å². The molecule has 1 aromatic carbocycles. The molecule has 0 amide bonds. The molecule has 0 radical (unpaired) electrons. The summed E-state index contributed by atoms with van der Waals surface area (Å²) in [4.78, 5) is 0. The van der Waals surface area contributed by atoms with E-state index in [1.54, 1.807) is 5.57 Å². The summed E-state index contributed by atoms with van der Waals surface area (Å²) in [6.07, 6.45) is 8.77. The highest BCUT2D eigenvalue weighted by molar-refractivity contribution is 7.80. The summed E-state index contributed by atoms with van der Waals surface area (Å²) < 4.78 is 11.4. The Balaban J connectivity index is 1.48. The number of ether oxygens (including phenoxy) is 2. The van der Waals surface area contributed by atoms with E-state index in [0.717, 1.165) is 62.2 Å². The van der Waals surface area contributed by atoms with Gasteiger partial charge in [0, 0.05) is 11.3 Å². The molecular formula is C29H33N3O3S. The number of hydrogen-bond acceptors (Lipinski definition) is 5. The van der Waals surface area contributed by atoms with Gasteiger partial charge in [0.05, 0.1) is 5.71 Å². The summed E-state index contributed by atoms with van der Waals surface area (Å²) in [5, 5.41) is 16.4. The number of fused-ring (bicyclic) bond motifs is 5. The van der Waals surface area contributed by atoms with E-state index in [1.807, 2.05) is 13.0 Å². The van der Waals surface area contributed by atoms with E-state index in [2.05, 4.69) is 47.5 Å². The van der Waals surface area contributed by atoms with Crippen LogP contribution in [-0.2, 0) is 0 Å². The Kier molecular flexibility index (Phi) is 5.66. The largest absolute Gasteiger partial charge is 0.454 e. The predicted molar refractivity (Wildman–Crippen MR) is 144 cm³/mol. The lowest BCUT2D eigenvalue weighted by Crippen LogP contribution is -2.51. The molecule has 0 saturated heterocycles.